The number of hydrogen-bond acceptors (Lipinski definition) is 3. The molecule has 0 aliphatic carbocycles. The zero-order valence-electron chi connectivity index (χ0n) is 15.3. The quantitative estimate of drug-likeness (QED) is 0.361. The molecule has 6 heteroatoms. The number of nitrogens with one attached hydrogen (secondary N) is 1. The zero-order valence-corrected chi connectivity index (χ0v) is 15.3. The number of carbonyl (C=O) groups excluding carboxylic acids is 2. The largest absolute Gasteiger partial charge is 0.339 e. The maximum Gasteiger partial charge on any atom is 0.267 e. The lowest BCUT2D eigenvalue weighted by atomic mass is 10.0. The molecule has 2 aromatic carbocycles. The van der Waals surface area contributed by atoms with Gasteiger partial charge in [0, 0.05) is 24.7 Å². The van der Waals surface area contributed by atoms with Crippen LogP contribution in [0.5, 0.6) is 0 Å². The molecule has 0 atom stereocenters. The number of likely N-dealkylation sites (tertiary alicyclic amines) is 1. The van der Waals surface area contributed by atoms with Crippen LogP contribution in [-0.2, 0) is 9.59 Å². The third-order valence-corrected chi connectivity index (χ3v) is 4.56. The fourth-order valence-corrected chi connectivity index (χ4v) is 3.07. The van der Waals surface area contributed by atoms with Crippen LogP contribution in [0.25, 0.3) is 17.7 Å². The van der Waals surface area contributed by atoms with Crippen molar-refractivity contribution in [3.8, 4) is 0 Å². The van der Waals surface area contributed by atoms with Gasteiger partial charge < -0.3 is 4.90 Å². The average molecular weight is 380 g/mol. The van der Waals surface area contributed by atoms with Crippen LogP contribution >= 0.6 is 0 Å². The SMILES string of the molecule is O=C(/C=C/c1ccc(/C=C(\C(=O)N2CCCC2)c2ccc(F)cc2)cc1)NO. The number of nitrogens with zero attached hydrogens (tertiary/aromatic N) is 1. The molecule has 2 amide bonds. The van der Waals surface area contributed by atoms with Crippen molar-refractivity contribution in [3.05, 3.63) is 77.1 Å². The average Bonchev–Trinajstić information content (AvgIpc) is 3.26. The van der Waals surface area contributed by atoms with E-state index in [0.29, 0.717) is 11.1 Å². The van der Waals surface area contributed by atoms with Crippen LogP contribution in [0.3, 0.4) is 0 Å². The van der Waals surface area contributed by atoms with Crippen molar-refractivity contribution in [3.63, 3.8) is 0 Å². The van der Waals surface area contributed by atoms with Crippen molar-refractivity contribution in [1.82, 2.24) is 10.4 Å². The van der Waals surface area contributed by atoms with Crippen LogP contribution in [0.2, 0.25) is 0 Å². The first kappa shape index (κ1) is 19.5. The summed E-state index contributed by atoms with van der Waals surface area (Å²) in [6.07, 6.45) is 6.55. The van der Waals surface area contributed by atoms with E-state index in [4.69, 9.17) is 5.21 Å². The monoisotopic (exact) mass is 380 g/mol. The van der Waals surface area contributed by atoms with Crippen molar-refractivity contribution in [1.29, 1.82) is 0 Å². The van der Waals surface area contributed by atoms with E-state index in [1.165, 1.54) is 23.7 Å². The highest BCUT2D eigenvalue weighted by atomic mass is 19.1. The van der Waals surface area contributed by atoms with Crippen LogP contribution in [0.4, 0.5) is 4.39 Å². The van der Waals surface area contributed by atoms with E-state index in [9.17, 15) is 14.0 Å². The lowest BCUT2D eigenvalue weighted by Crippen LogP contribution is -2.28. The molecule has 0 unspecified atom stereocenters. The first-order valence-corrected chi connectivity index (χ1v) is 9.06. The maximum absolute atomic E-state index is 13.3. The van der Waals surface area contributed by atoms with Crippen molar-refractivity contribution in [2.45, 2.75) is 12.8 Å². The molecule has 0 bridgehead atoms. The summed E-state index contributed by atoms with van der Waals surface area (Å²) in [5.41, 5.74) is 4.31. The number of halogens is 1. The predicted octanol–water partition coefficient (Wildman–Crippen LogP) is 3.51. The second-order valence-corrected chi connectivity index (χ2v) is 6.54. The molecule has 0 aromatic heterocycles. The summed E-state index contributed by atoms with van der Waals surface area (Å²) in [6.45, 7) is 1.46. The summed E-state index contributed by atoms with van der Waals surface area (Å²) in [5, 5.41) is 8.51. The fraction of sp³-hybridized carbons (Fsp3) is 0.182. The Morgan fingerprint density at radius 3 is 2.18 bits per heavy atom. The summed E-state index contributed by atoms with van der Waals surface area (Å²) in [5.74, 6) is -1.02. The van der Waals surface area contributed by atoms with Crippen molar-refractivity contribution in [2.75, 3.05) is 13.1 Å². The number of carbonyl (C=O) groups is 2. The maximum atomic E-state index is 13.3. The third-order valence-electron chi connectivity index (χ3n) is 4.56. The Kier molecular flexibility index (Phi) is 6.34. The third kappa shape index (κ3) is 4.92. The molecule has 1 heterocycles. The van der Waals surface area contributed by atoms with E-state index in [1.807, 2.05) is 17.0 Å². The van der Waals surface area contributed by atoms with Gasteiger partial charge in [-0.3, -0.25) is 14.8 Å². The number of amides is 2. The Morgan fingerprint density at radius 1 is 0.964 bits per heavy atom. The Labute approximate surface area is 162 Å². The van der Waals surface area contributed by atoms with Crippen LogP contribution in [0, 0.1) is 5.82 Å². The molecule has 0 radical (unpaired) electrons. The Hall–Kier alpha value is -3.25. The van der Waals surface area contributed by atoms with E-state index in [0.717, 1.165) is 37.1 Å². The lowest BCUT2D eigenvalue weighted by Gasteiger charge is -2.18. The molecular weight excluding hydrogens is 359 g/mol. The first-order chi connectivity index (χ1) is 13.6. The normalized spacial score (nSPS) is 14.5. The molecule has 1 saturated heterocycles. The van der Waals surface area contributed by atoms with E-state index in [2.05, 4.69) is 0 Å². The topological polar surface area (TPSA) is 69.6 Å². The summed E-state index contributed by atoms with van der Waals surface area (Å²) < 4.78 is 13.3. The van der Waals surface area contributed by atoms with Crippen LogP contribution in [0.1, 0.15) is 29.5 Å². The van der Waals surface area contributed by atoms with Gasteiger partial charge in [-0.05, 0) is 53.8 Å². The highest BCUT2D eigenvalue weighted by Crippen LogP contribution is 2.24. The van der Waals surface area contributed by atoms with Gasteiger partial charge in [-0.15, -0.1) is 0 Å². The minimum atomic E-state index is -0.612. The molecule has 1 aliphatic heterocycles. The number of benzene rings is 2. The van der Waals surface area contributed by atoms with Crippen LogP contribution in [0.15, 0.2) is 54.6 Å². The fourth-order valence-electron chi connectivity index (χ4n) is 3.07. The van der Waals surface area contributed by atoms with E-state index < -0.39 is 5.91 Å². The number of hydrogen-bond donors (Lipinski definition) is 2. The number of rotatable bonds is 5. The summed E-state index contributed by atoms with van der Waals surface area (Å²) in [4.78, 5) is 25.9. The number of hydroxylamine groups is 1. The minimum absolute atomic E-state index is 0.0623. The minimum Gasteiger partial charge on any atom is -0.339 e. The van der Waals surface area contributed by atoms with Gasteiger partial charge in [0.1, 0.15) is 5.82 Å². The van der Waals surface area contributed by atoms with Gasteiger partial charge in [0.05, 0.1) is 0 Å². The molecular formula is C22H21FN2O3. The van der Waals surface area contributed by atoms with Crippen molar-refractivity contribution < 1.29 is 19.2 Å². The molecule has 144 valence electrons. The molecule has 28 heavy (non-hydrogen) atoms. The summed E-state index contributed by atoms with van der Waals surface area (Å²) in [6, 6.07) is 13.2. The predicted molar refractivity (Wildman–Crippen MR) is 105 cm³/mol. The van der Waals surface area contributed by atoms with Gasteiger partial charge in [-0.1, -0.05) is 36.4 Å². The molecule has 2 aromatic rings. The standard InChI is InChI=1S/C22H21FN2O3/c23-19-10-8-18(9-11-19)20(22(27)25-13-1-2-14-25)15-17-5-3-16(4-6-17)7-12-21(26)24-28/h3-12,15,28H,1-2,13-14H2,(H,24,26)/b12-7+,20-15-. The highest BCUT2D eigenvalue weighted by Gasteiger charge is 2.22. The molecule has 1 fully saturated rings. The zero-order chi connectivity index (χ0) is 19.9. The summed E-state index contributed by atoms with van der Waals surface area (Å²) >= 11 is 0. The molecule has 0 saturated carbocycles. The van der Waals surface area contributed by atoms with Crippen molar-refractivity contribution >= 4 is 29.5 Å². The van der Waals surface area contributed by atoms with E-state index >= 15 is 0 Å². The van der Waals surface area contributed by atoms with Crippen LogP contribution in [-0.4, -0.2) is 35.0 Å². The molecule has 5 nitrogen and oxygen atoms in total. The van der Waals surface area contributed by atoms with Gasteiger partial charge >= 0.3 is 0 Å². The van der Waals surface area contributed by atoms with Gasteiger partial charge in [0.15, 0.2) is 0 Å². The van der Waals surface area contributed by atoms with E-state index in [-0.39, 0.29) is 11.7 Å². The van der Waals surface area contributed by atoms with E-state index in [1.54, 1.807) is 36.4 Å². The smallest absolute Gasteiger partial charge is 0.267 e. The summed E-state index contributed by atoms with van der Waals surface area (Å²) in [7, 11) is 0. The molecule has 1 aliphatic rings. The molecule has 3 rings (SSSR count). The van der Waals surface area contributed by atoms with Gasteiger partial charge in [0.2, 0.25) is 0 Å². The van der Waals surface area contributed by atoms with Crippen molar-refractivity contribution in [2.24, 2.45) is 0 Å². The molecule has 2 N–H and O–H groups in total. The Bertz CT molecular complexity index is 896. The van der Waals surface area contributed by atoms with Crippen LogP contribution < -0.4 is 5.48 Å². The second-order valence-electron chi connectivity index (χ2n) is 6.54. The van der Waals surface area contributed by atoms with Gasteiger partial charge in [0.25, 0.3) is 11.8 Å². The second kappa shape index (κ2) is 9.10. The first-order valence-electron chi connectivity index (χ1n) is 9.06. The van der Waals surface area contributed by atoms with Gasteiger partial charge in [-0.2, -0.15) is 0 Å². The Morgan fingerprint density at radius 2 is 1.57 bits per heavy atom. The molecule has 0 spiro atoms. The Balaban J connectivity index is 1.89. The highest BCUT2D eigenvalue weighted by molar-refractivity contribution is 6.24. The van der Waals surface area contributed by atoms with Gasteiger partial charge in [-0.25, -0.2) is 9.87 Å². The lowest BCUT2D eigenvalue weighted by molar-refractivity contribution is -0.124.